The molecule has 0 radical (unpaired) electrons. The zero-order valence-electron chi connectivity index (χ0n) is 10.3. The average molecular weight is 245 g/mol. The van der Waals surface area contributed by atoms with Crippen LogP contribution < -0.4 is 0 Å². The number of morpholine rings is 1. The number of carboxylic acids is 1. The molecule has 0 bridgehead atoms. The first-order valence-electron chi connectivity index (χ1n) is 6.38. The number of hydrogen-bond donors (Lipinski definition) is 2. The summed E-state index contributed by atoms with van der Waals surface area (Å²) < 4.78 is 5.32. The van der Waals surface area contributed by atoms with Crippen LogP contribution in [0.25, 0.3) is 0 Å². The van der Waals surface area contributed by atoms with Gasteiger partial charge in [0.05, 0.1) is 19.6 Å². The Balaban J connectivity index is 2.20. The molecule has 100 valence electrons. The van der Waals surface area contributed by atoms with Gasteiger partial charge in [-0.15, -0.1) is 0 Å². The van der Waals surface area contributed by atoms with Gasteiger partial charge >= 0.3 is 5.97 Å². The van der Waals surface area contributed by atoms with Gasteiger partial charge in [-0.3, -0.25) is 9.69 Å². The normalized spacial score (nSPS) is 21.6. The molecule has 1 aliphatic heterocycles. The van der Waals surface area contributed by atoms with Gasteiger partial charge in [0.15, 0.2) is 0 Å². The molecular formula is C12H23NO4. The van der Waals surface area contributed by atoms with Crippen LogP contribution in [-0.2, 0) is 9.53 Å². The van der Waals surface area contributed by atoms with Crippen molar-refractivity contribution in [2.45, 2.75) is 38.1 Å². The topological polar surface area (TPSA) is 70.0 Å². The third kappa shape index (κ3) is 6.00. The number of unbranched alkanes of at least 4 members (excludes halogenated alkanes) is 3. The van der Waals surface area contributed by atoms with Crippen LogP contribution in [0.5, 0.6) is 0 Å². The highest BCUT2D eigenvalue weighted by Crippen LogP contribution is 2.12. The summed E-state index contributed by atoms with van der Waals surface area (Å²) in [4.78, 5) is 12.9. The summed E-state index contributed by atoms with van der Waals surface area (Å²) in [5.41, 5.74) is 0. The van der Waals surface area contributed by atoms with E-state index in [1.165, 1.54) is 0 Å². The van der Waals surface area contributed by atoms with Crippen LogP contribution in [0.3, 0.4) is 0 Å². The van der Waals surface area contributed by atoms with Crippen LogP contribution in [-0.4, -0.2) is 60.0 Å². The molecule has 17 heavy (non-hydrogen) atoms. The van der Waals surface area contributed by atoms with E-state index in [4.69, 9.17) is 14.9 Å². The largest absolute Gasteiger partial charge is 0.481 e. The summed E-state index contributed by atoms with van der Waals surface area (Å²) >= 11 is 0. The molecule has 5 nitrogen and oxygen atoms in total. The predicted octanol–water partition coefficient (Wildman–Crippen LogP) is 0.715. The molecule has 0 spiro atoms. The first-order chi connectivity index (χ1) is 8.24. The second-order valence-corrected chi connectivity index (χ2v) is 4.50. The molecule has 0 aliphatic carbocycles. The van der Waals surface area contributed by atoms with E-state index in [1.54, 1.807) is 0 Å². The molecule has 0 aromatic carbocycles. The second-order valence-electron chi connectivity index (χ2n) is 4.50. The maximum atomic E-state index is 10.7. The fourth-order valence-corrected chi connectivity index (χ4v) is 2.15. The summed E-state index contributed by atoms with van der Waals surface area (Å²) in [5.74, 6) is -0.759. The lowest BCUT2D eigenvalue weighted by Gasteiger charge is -2.34. The molecule has 0 aromatic rings. The van der Waals surface area contributed by atoms with E-state index in [0.717, 1.165) is 38.8 Å². The number of ether oxygens (including phenoxy) is 1. The fourth-order valence-electron chi connectivity index (χ4n) is 2.15. The van der Waals surface area contributed by atoms with Crippen molar-refractivity contribution in [1.29, 1.82) is 0 Å². The lowest BCUT2D eigenvalue weighted by atomic mass is 10.1. The third-order valence-corrected chi connectivity index (χ3v) is 3.11. The van der Waals surface area contributed by atoms with Crippen molar-refractivity contribution < 1.29 is 19.7 Å². The summed E-state index contributed by atoms with van der Waals surface area (Å²) in [6.07, 6.45) is 4.23. The van der Waals surface area contributed by atoms with Gasteiger partial charge in [-0.25, -0.2) is 0 Å². The number of carboxylic acid groups (broad SMARTS) is 1. The number of hydrogen-bond acceptors (Lipinski definition) is 4. The quantitative estimate of drug-likeness (QED) is 0.616. The third-order valence-electron chi connectivity index (χ3n) is 3.11. The Kier molecular flexibility index (Phi) is 7.16. The van der Waals surface area contributed by atoms with Crippen molar-refractivity contribution in [3.63, 3.8) is 0 Å². The molecular weight excluding hydrogens is 222 g/mol. The number of aliphatic hydroxyl groups excluding tert-OH is 1. The predicted molar refractivity (Wildman–Crippen MR) is 64.0 cm³/mol. The molecule has 1 saturated heterocycles. The molecule has 0 aromatic heterocycles. The number of aliphatic carboxylic acids is 1. The van der Waals surface area contributed by atoms with E-state index >= 15 is 0 Å². The number of rotatable bonds is 8. The van der Waals surface area contributed by atoms with E-state index in [1.807, 2.05) is 0 Å². The van der Waals surface area contributed by atoms with Crippen molar-refractivity contribution in [1.82, 2.24) is 4.90 Å². The Morgan fingerprint density at radius 1 is 1.29 bits per heavy atom. The Morgan fingerprint density at radius 2 is 2.06 bits per heavy atom. The highest BCUT2D eigenvalue weighted by molar-refractivity contribution is 5.67. The van der Waals surface area contributed by atoms with Gasteiger partial charge < -0.3 is 14.9 Å². The van der Waals surface area contributed by atoms with Gasteiger partial charge in [-0.1, -0.05) is 12.8 Å². The van der Waals surface area contributed by atoms with Gasteiger partial charge in [0.2, 0.25) is 0 Å². The number of aliphatic hydroxyl groups is 1. The number of nitrogens with zero attached hydrogens (tertiary/aromatic N) is 1. The summed E-state index contributed by atoms with van der Waals surface area (Å²) in [5, 5.41) is 17.5. The molecule has 1 aliphatic rings. The molecule has 0 saturated carbocycles. The van der Waals surface area contributed by atoms with Crippen LogP contribution >= 0.6 is 0 Å². The van der Waals surface area contributed by atoms with E-state index in [2.05, 4.69) is 4.90 Å². The van der Waals surface area contributed by atoms with Crippen LogP contribution in [0, 0.1) is 0 Å². The first kappa shape index (κ1) is 14.4. The minimum Gasteiger partial charge on any atom is -0.481 e. The maximum absolute atomic E-state index is 10.7. The lowest BCUT2D eigenvalue weighted by molar-refractivity contribution is -0.140. The van der Waals surface area contributed by atoms with Crippen molar-refractivity contribution in [3.8, 4) is 0 Å². The van der Waals surface area contributed by atoms with Gasteiger partial charge in [-0.2, -0.15) is 0 Å². The van der Waals surface area contributed by atoms with E-state index in [0.29, 0.717) is 13.2 Å². The van der Waals surface area contributed by atoms with E-state index in [9.17, 15) is 4.79 Å². The molecule has 5 heteroatoms. The monoisotopic (exact) mass is 245 g/mol. The van der Waals surface area contributed by atoms with Crippen LogP contribution in [0.4, 0.5) is 0 Å². The first-order valence-corrected chi connectivity index (χ1v) is 6.38. The van der Waals surface area contributed by atoms with Gasteiger partial charge in [0.1, 0.15) is 0 Å². The molecule has 1 unspecified atom stereocenters. The Labute approximate surface area is 102 Å². The second kappa shape index (κ2) is 8.44. The summed E-state index contributed by atoms with van der Waals surface area (Å²) in [6, 6.07) is 0.0269. The Morgan fingerprint density at radius 3 is 2.76 bits per heavy atom. The zero-order valence-corrected chi connectivity index (χ0v) is 10.3. The maximum Gasteiger partial charge on any atom is 0.305 e. The summed E-state index contributed by atoms with van der Waals surface area (Å²) in [7, 11) is 0. The van der Waals surface area contributed by atoms with Crippen LogP contribution in [0.2, 0.25) is 0 Å². The van der Waals surface area contributed by atoms with Crippen molar-refractivity contribution >= 4 is 5.97 Å². The van der Waals surface area contributed by atoms with Crippen molar-refractivity contribution in [3.05, 3.63) is 0 Å². The molecule has 1 heterocycles. The van der Waals surface area contributed by atoms with Crippen LogP contribution in [0.15, 0.2) is 0 Å². The van der Waals surface area contributed by atoms with Gasteiger partial charge in [0, 0.05) is 19.2 Å². The number of carbonyl (C=O) groups is 1. The highest BCUT2D eigenvalue weighted by Gasteiger charge is 2.24. The minimum atomic E-state index is -0.759. The Hall–Kier alpha value is -0.650. The van der Waals surface area contributed by atoms with Gasteiger partial charge in [0.25, 0.3) is 0 Å². The molecule has 0 amide bonds. The summed E-state index contributed by atoms with van der Waals surface area (Å²) in [6.45, 7) is 3.26. The van der Waals surface area contributed by atoms with Crippen molar-refractivity contribution in [2.24, 2.45) is 0 Å². The standard InChI is InChI=1S/C12H23NO4/c14-7-4-2-1-3-5-13-6-8-17-10-11(13)9-12(15)16/h11,14H,1-10H2,(H,15,16). The van der Waals surface area contributed by atoms with E-state index < -0.39 is 5.97 Å². The van der Waals surface area contributed by atoms with E-state index in [-0.39, 0.29) is 19.1 Å². The van der Waals surface area contributed by atoms with Crippen LogP contribution in [0.1, 0.15) is 32.1 Å². The lowest BCUT2D eigenvalue weighted by Crippen LogP contribution is -2.46. The SMILES string of the molecule is O=C(O)CC1COCCN1CCCCCCO. The molecule has 1 rings (SSSR count). The fraction of sp³-hybridized carbons (Fsp3) is 0.917. The van der Waals surface area contributed by atoms with Crippen molar-refractivity contribution in [2.75, 3.05) is 32.9 Å². The minimum absolute atomic E-state index is 0.0269. The molecule has 1 fully saturated rings. The Bertz CT molecular complexity index is 223. The smallest absolute Gasteiger partial charge is 0.305 e. The molecule has 1 atom stereocenters. The van der Waals surface area contributed by atoms with Gasteiger partial charge in [-0.05, 0) is 19.4 Å². The average Bonchev–Trinajstić information content (AvgIpc) is 2.30. The molecule has 2 N–H and O–H groups in total. The zero-order chi connectivity index (χ0) is 12.5. The highest BCUT2D eigenvalue weighted by atomic mass is 16.5.